The van der Waals surface area contributed by atoms with Crippen LogP contribution in [-0.4, -0.2) is 32.8 Å². The molecule has 47 heavy (non-hydrogen) atoms. The van der Waals surface area contributed by atoms with E-state index in [1.807, 2.05) is 79.0 Å². The van der Waals surface area contributed by atoms with Crippen LogP contribution in [0, 0.1) is 17.9 Å². The number of hydrogen-bond acceptors (Lipinski definition) is 4. The normalized spacial score (nSPS) is 11.3. The van der Waals surface area contributed by atoms with E-state index in [9.17, 15) is 4.39 Å². The molecule has 0 spiro atoms. The molecule has 4 heterocycles. The zero-order valence-corrected chi connectivity index (χ0v) is 31.5. The van der Waals surface area contributed by atoms with Gasteiger partial charge in [0, 0.05) is 44.1 Å². The topological polar surface area (TPSA) is 43.6 Å². The van der Waals surface area contributed by atoms with Crippen LogP contribution in [0.5, 0.6) is 0 Å². The molecule has 1 radical (unpaired) electrons. The summed E-state index contributed by atoms with van der Waals surface area (Å²) in [6, 6.07) is 42.2. The molecule has 0 atom stereocenters. The number of hydrogen-bond donors (Lipinski definition) is 0. The molecule has 8 rings (SSSR count). The first-order valence-corrected chi connectivity index (χ1v) is 23.3. The number of nitrogens with zero attached hydrogens (tertiary/aromatic N) is 4. The Hall–Kier alpha value is -4.01. The van der Waals surface area contributed by atoms with Crippen LogP contribution in [0.3, 0.4) is 0 Å². The van der Waals surface area contributed by atoms with E-state index >= 15 is 0 Å². The molecule has 0 fully saturated rings. The van der Waals surface area contributed by atoms with Crippen LogP contribution in [0.2, 0.25) is 17.3 Å². The Morgan fingerprint density at radius 1 is 0.830 bits per heavy atom. The number of rotatable bonds is 5. The maximum Gasteiger partial charge on any atom is 0 e. The SMILES string of the molecule is Fc1c[c-]c(-c2nc3ccccc3n2Cc2ccccc2)c2sc3ncccc3c12.[CH3][Ge]([CH3])([CH3])[c]1ccc(-c2[c-]cccc2)nc1.[Ir]. The molecule has 8 aromatic rings. The van der Waals surface area contributed by atoms with E-state index in [4.69, 9.17) is 4.98 Å². The fourth-order valence-electron chi connectivity index (χ4n) is 5.53. The van der Waals surface area contributed by atoms with Gasteiger partial charge in [0.1, 0.15) is 4.83 Å². The fourth-order valence-corrected chi connectivity index (χ4v) is 8.85. The first kappa shape index (κ1) is 32.9. The predicted molar refractivity (Wildman–Crippen MR) is 192 cm³/mol. The Labute approximate surface area is 294 Å². The molecular formula is C39H31FGeIrN4S-2. The number of imidazole rings is 1. The summed E-state index contributed by atoms with van der Waals surface area (Å²) in [4.78, 5) is 14.7. The van der Waals surface area contributed by atoms with E-state index in [-0.39, 0.29) is 25.9 Å². The van der Waals surface area contributed by atoms with Crippen molar-refractivity contribution in [3.8, 4) is 22.6 Å². The zero-order valence-electron chi connectivity index (χ0n) is 26.2. The van der Waals surface area contributed by atoms with Crippen molar-refractivity contribution in [2.24, 2.45) is 0 Å². The number of aromatic nitrogens is 4. The van der Waals surface area contributed by atoms with Crippen LogP contribution < -0.4 is 4.40 Å². The molecule has 4 aromatic heterocycles. The fraction of sp³-hybridized carbons (Fsp3) is 0.103. The molecule has 0 bridgehead atoms. The quantitative estimate of drug-likeness (QED) is 0.128. The van der Waals surface area contributed by atoms with Crippen LogP contribution in [0.1, 0.15) is 5.56 Å². The van der Waals surface area contributed by atoms with Gasteiger partial charge >= 0.3 is 99.8 Å². The van der Waals surface area contributed by atoms with Gasteiger partial charge in [0.15, 0.2) is 0 Å². The molecular weight excluding hydrogens is 840 g/mol. The Balaban J connectivity index is 0.000000194. The maximum absolute atomic E-state index is 14.8. The van der Waals surface area contributed by atoms with Crippen molar-refractivity contribution in [1.82, 2.24) is 19.5 Å². The minimum Gasteiger partial charge on any atom is 0 e. The largest absolute Gasteiger partial charge is 0 e. The third-order valence-corrected chi connectivity index (χ3v) is 13.3. The standard InChI is InChI=1S/C25H15FN3S.C14H16GeN.Ir/c26-19-13-12-18(23-22(19)17-9-6-14-27-25(17)30-23)24-28-20-10-4-5-11-21(20)29(24)15-16-7-2-1-3-8-16;1-15(2,3)13-9-10-14(16-11-13)12-7-5-4-6-8-12;/h1-11,13-14H,15H2;4-7,9-11H,1-3H3;/q2*-1;. The van der Waals surface area contributed by atoms with Gasteiger partial charge in [-0.15, -0.1) is 12.1 Å². The Morgan fingerprint density at radius 3 is 2.36 bits per heavy atom. The average molecular weight is 872 g/mol. The molecule has 0 aliphatic heterocycles. The van der Waals surface area contributed by atoms with Crippen molar-refractivity contribution >= 4 is 60.3 Å². The molecule has 4 aromatic carbocycles. The summed E-state index contributed by atoms with van der Waals surface area (Å²) in [6.45, 7) is 0.673. The second-order valence-corrected chi connectivity index (χ2v) is 23.8. The summed E-state index contributed by atoms with van der Waals surface area (Å²) in [5.74, 6) is 7.65. The van der Waals surface area contributed by atoms with E-state index in [0.29, 0.717) is 11.9 Å². The first-order valence-electron chi connectivity index (χ1n) is 15.2. The van der Waals surface area contributed by atoms with Crippen molar-refractivity contribution in [3.05, 3.63) is 145 Å². The van der Waals surface area contributed by atoms with Crippen molar-refractivity contribution in [3.63, 3.8) is 0 Å². The van der Waals surface area contributed by atoms with Gasteiger partial charge in [-0.1, -0.05) is 54.1 Å². The molecule has 4 nitrogen and oxygen atoms in total. The first-order chi connectivity index (χ1) is 22.4. The van der Waals surface area contributed by atoms with Gasteiger partial charge in [-0.05, 0) is 33.8 Å². The molecule has 0 saturated heterocycles. The summed E-state index contributed by atoms with van der Waals surface area (Å²) < 4.78 is 19.3. The number of halogens is 1. The van der Waals surface area contributed by atoms with Gasteiger partial charge in [-0.3, -0.25) is 9.37 Å². The molecule has 0 N–H and O–H groups in total. The number of thiophene rings is 1. The second kappa shape index (κ2) is 14.0. The smallest absolute Gasteiger partial charge is 0 e. The number of para-hydroxylation sites is 2. The molecule has 0 amide bonds. The van der Waals surface area contributed by atoms with Gasteiger partial charge in [-0.2, -0.15) is 11.3 Å². The molecule has 0 aliphatic rings. The van der Waals surface area contributed by atoms with E-state index in [0.717, 1.165) is 48.6 Å². The third-order valence-electron chi connectivity index (χ3n) is 7.95. The Morgan fingerprint density at radius 2 is 1.62 bits per heavy atom. The summed E-state index contributed by atoms with van der Waals surface area (Å²) >= 11 is -0.229. The number of benzene rings is 4. The van der Waals surface area contributed by atoms with Gasteiger partial charge in [0.2, 0.25) is 0 Å². The maximum atomic E-state index is 14.8. The third kappa shape index (κ3) is 6.85. The minimum absolute atomic E-state index is 0. The van der Waals surface area contributed by atoms with Crippen molar-refractivity contribution in [2.45, 2.75) is 23.8 Å². The number of fused-ring (bicyclic) bond motifs is 4. The van der Waals surface area contributed by atoms with Gasteiger partial charge in [0.05, 0.1) is 16.9 Å². The van der Waals surface area contributed by atoms with Crippen molar-refractivity contribution in [1.29, 1.82) is 0 Å². The van der Waals surface area contributed by atoms with Crippen LogP contribution in [0.25, 0.3) is 54.0 Å². The van der Waals surface area contributed by atoms with E-state index < -0.39 is 13.3 Å². The zero-order chi connectivity index (χ0) is 31.7. The van der Waals surface area contributed by atoms with E-state index in [1.54, 1.807) is 6.20 Å². The summed E-state index contributed by atoms with van der Waals surface area (Å²) in [5.41, 5.74) is 6.02. The van der Waals surface area contributed by atoms with Crippen molar-refractivity contribution in [2.75, 3.05) is 0 Å². The molecule has 0 saturated carbocycles. The van der Waals surface area contributed by atoms with Crippen LogP contribution in [0.15, 0.2) is 122 Å². The summed E-state index contributed by atoms with van der Waals surface area (Å²) in [7, 11) is 0. The number of pyridine rings is 2. The van der Waals surface area contributed by atoms with Gasteiger partial charge in [0.25, 0.3) is 0 Å². The minimum atomic E-state index is -1.72. The summed E-state index contributed by atoms with van der Waals surface area (Å²) in [5, 5.41) is 1.42. The Bertz CT molecular complexity index is 2280. The van der Waals surface area contributed by atoms with Crippen molar-refractivity contribution < 1.29 is 24.5 Å². The molecule has 0 unspecified atom stereocenters. The van der Waals surface area contributed by atoms with Gasteiger partial charge in [-0.25, -0.2) is 4.98 Å². The summed E-state index contributed by atoms with van der Waals surface area (Å²) in [6.07, 6.45) is 3.78. The molecule has 235 valence electrons. The molecule has 8 heteroatoms. The van der Waals surface area contributed by atoms with Crippen LogP contribution >= 0.6 is 11.3 Å². The second-order valence-electron chi connectivity index (χ2n) is 12.1. The molecule has 0 aliphatic carbocycles. The monoisotopic (exact) mass is 873 g/mol. The van der Waals surface area contributed by atoms with Gasteiger partial charge < -0.3 is 4.57 Å². The van der Waals surface area contributed by atoms with E-state index in [1.165, 1.54) is 27.4 Å². The van der Waals surface area contributed by atoms with Crippen LogP contribution in [0.4, 0.5) is 4.39 Å². The predicted octanol–water partition coefficient (Wildman–Crippen LogP) is 9.55. The average Bonchev–Trinajstić information content (AvgIpc) is 3.65. The van der Waals surface area contributed by atoms with E-state index in [2.05, 4.69) is 74.3 Å². The van der Waals surface area contributed by atoms with Crippen LogP contribution in [-0.2, 0) is 26.7 Å². The Kier molecular flexibility index (Phi) is 9.80.